The maximum absolute atomic E-state index is 12.6. The summed E-state index contributed by atoms with van der Waals surface area (Å²) in [6.07, 6.45) is -0.669. The fraction of sp³-hybridized carbons (Fsp3) is 0.389. The quantitative estimate of drug-likeness (QED) is 0.620. The van der Waals surface area contributed by atoms with Crippen LogP contribution in [0.2, 0.25) is 0 Å². The summed E-state index contributed by atoms with van der Waals surface area (Å²) in [7, 11) is 0. The highest BCUT2D eigenvalue weighted by Gasteiger charge is 2.43. The van der Waals surface area contributed by atoms with Crippen LogP contribution in [0.4, 0.5) is 13.2 Å². The molecular formula is C18H17F3N2O3. The van der Waals surface area contributed by atoms with Gasteiger partial charge in [0.05, 0.1) is 11.6 Å². The van der Waals surface area contributed by atoms with Gasteiger partial charge in [0.1, 0.15) is 5.54 Å². The minimum Gasteiger partial charge on any atom is -0.452 e. The average Bonchev–Trinajstić information content (AvgIpc) is 3.43. The zero-order chi connectivity index (χ0) is 19.4. The SMILES string of the molecule is C[C@](C#N)(NC(=O)COC(=O)/C=C/c1cccc(C(F)(F)F)c1)C1CC1. The molecule has 26 heavy (non-hydrogen) atoms. The van der Waals surface area contributed by atoms with Gasteiger partial charge in [-0.2, -0.15) is 18.4 Å². The molecule has 138 valence electrons. The molecule has 0 heterocycles. The highest BCUT2D eigenvalue weighted by atomic mass is 19.4. The molecule has 1 aromatic rings. The van der Waals surface area contributed by atoms with Gasteiger partial charge in [-0.3, -0.25) is 4.79 Å². The van der Waals surface area contributed by atoms with Crippen molar-refractivity contribution in [2.24, 2.45) is 5.92 Å². The van der Waals surface area contributed by atoms with Crippen LogP contribution in [0.25, 0.3) is 6.08 Å². The molecule has 0 unspecified atom stereocenters. The normalized spacial score (nSPS) is 16.6. The van der Waals surface area contributed by atoms with E-state index in [9.17, 15) is 22.8 Å². The summed E-state index contributed by atoms with van der Waals surface area (Å²) in [6.45, 7) is 1.04. The predicted molar refractivity (Wildman–Crippen MR) is 86.3 cm³/mol. The Morgan fingerprint density at radius 3 is 2.65 bits per heavy atom. The number of hydrogen-bond acceptors (Lipinski definition) is 4. The third kappa shape index (κ3) is 5.34. The van der Waals surface area contributed by atoms with E-state index in [1.165, 1.54) is 18.2 Å². The van der Waals surface area contributed by atoms with Crippen molar-refractivity contribution in [3.63, 3.8) is 0 Å². The van der Waals surface area contributed by atoms with E-state index in [0.717, 1.165) is 31.1 Å². The van der Waals surface area contributed by atoms with Crippen LogP contribution in [0.1, 0.15) is 30.9 Å². The second kappa shape index (κ2) is 7.60. The summed E-state index contributed by atoms with van der Waals surface area (Å²) in [5.41, 5.74) is -1.65. The molecule has 0 aromatic heterocycles. The molecule has 1 aliphatic carbocycles. The average molecular weight is 366 g/mol. The standard InChI is InChI=1S/C18H17F3N2O3/c1-17(11-22,13-6-7-13)23-15(24)10-26-16(25)8-5-12-3-2-4-14(9-12)18(19,20)21/h2-5,8-9,13H,6-7,10H2,1H3,(H,23,24)/b8-5+/t17-/m1/s1. The van der Waals surface area contributed by atoms with Crippen molar-refractivity contribution in [2.45, 2.75) is 31.5 Å². The fourth-order valence-electron chi connectivity index (χ4n) is 2.38. The van der Waals surface area contributed by atoms with E-state index in [4.69, 9.17) is 10.00 Å². The molecule has 1 fully saturated rings. The van der Waals surface area contributed by atoms with Crippen LogP contribution in [-0.4, -0.2) is 24.0 Å². The van der Waals surface area contributed by atoms with Gasteiger partial charge in [0, 0.05) is 6.08 Å². The molecule has 2 rings (SSSR count). The van der Waals surface area contributed by atoms with Crippen LogP contribution in [0.3, 0.4) is 0 Å². The van der Waals surface area contributed by atoms with Crippen molar-refractivity contribution in [2.75, 3.05) is 6.61 Å². The maximum Gasteiger partial charge on any atom is 0.416 e. The van der Waals surface area contributed by atoms with Crippen LogP contribution < -0.4 is 5.32 Å². The van der Waals surface area contributed by atoms with Gasteiger partial charge in [-0.05, 0) is 49.5 Å². The summed E-state index contributed by atoms with van der Waals surface area (Å²) < 4.78 is 42.6. The number of hydrogen-bond donors (Lipinski definition) is 1. The number of carbonyl (C=O) groups excluding carboxylic acids is 2. The molecule has 8 heteroatoms. The topological polar surface area (TPSA) is 79.2 Å². The second-order valence-electron chi connectivity index (χ2n) is 6.20. The van der Waals surface area contributed by atoms with Crippen LogP contribution in [0.15, 0.2) is 30.3 Å². The Labute approximate surface area is 148 Å². The molecule has 1 atom stereocenters. The molecule has 1 saturated carbocycles. The second-order valence-corrected chi connectivity index (χ2v) is 6.20. The van der Waals surface area contributed by atoms with Gasteiger partial charge < -0.3 is 10.1 Å². The summed E-state index contributed by atoms with van der Waals surface area (Å²) in [5, 5.41) is 11.7. The third-order valence-corrected chi connectivity index (χ3v) is 4.00. The van der Waals surface area contributed by atoms with Gasteiger partial charge in [0.25, 0.3) is 5.91 Å². The number of rotatable bonds is 6. The lowest BCUT2D eigenvalue weighted by atomic mass is 9.98. The van der Waals surface area contributed by atoms with Crippen LogP contribution in [0.5, 0.6) is 0 Å². The third-order valence-electron chi connectivity index (χ3n) is 4.00. The Hall–Kier alpha value is -2.82. The Bertz CT molecular complexity index is 764. The van der Waals surface area contributed by atoms with Crippen molar-refractivity contribution in [3.05, 3.63) is 41.5 Å². The van der Waals surface area contributed by atoms with Gasteiger partial charge in [-0.25, -0.2) is 4.79 Å². The number of alkyl halides is 3. The lowest BCUT2D eigenvalue weighted by Crippen LogP contribution is -2.48. The van der Waals surface area contributed by atoms with Gasteiger partial charge in [-0.15, -0.1) is 0 Å². The first-order chi connectivity index (χ1) is 12.1. The minimum atomic E-state index is -4.47. The Balaban J connectivity index is 1.86. The van der Waals surface area contributed by atoms with Crippen molar-refractivity contribution in [1.82, 2.24) is 5.32 Å². The Morgan fingerprint density at radius 1 is 1.38 bits per heavy atom. The number of nitrogens with one attached hydrogen (secondary N) is 1. The van der Waals surface area contributed by atoms with Gasteiger partial charge >= 0.3 is 12.1 Å². The highest BCUT2D eigenvalue weighted by molar-refractivity contribution is 5.89. The summed E-state index contributed by atoms with van der Waals surface area (Å²) >= 11 is 0. The number of amides is 1. The van der Waals surface area contributed by atoms with Crippen molar-refractivity contribution < 1.29 is 27.5 Å². The zero-order valence-corrected chi connectivity index (χ0v) is 14.0. The monoisotopic (exact) mass is 366 g/mol. The number of carbonyl (C=O) groups is 2. The molecule has 5 nitrogen and oxygen atoms in total. The van der Waals surface area contributed by atoms with Gasteiger partial charge in [0.2, 0.25) is 0 Å². The number of halogens is 3. The maximum atomic E-state index is 12.6. The summed E-state index contributed by atoms with van der Waals surface area (Å²) in [4.78, 5) is 23.4. The molecule has 0 spiro atoms. The molecule has 1 amide bonds. The number of esters is 1. The first kappa shape index (κ1) is 19.5. The molecule has 0 radical (unpaired) electrons. The number of benzene rings is 1. The fourth-order valence-corrected chi connectivity index (χ4v) is 2.38. The van der Waals surface area contributed by atoms with Crippen LogP contribution >= 0.6 is 0 Å². The highest BCUT2D eigenvalue weighted by Crippen LogP contribution is 2.39. The zero-order valence-electron chi connectivity index (χ0n) is 14.0. The van der Waals surface area contributed by atoms with E-state index < -0.39 is 35.8 Å². The first-order valence-electron chi connectivity index (χ1n) is 7.88. The van der Waals surface area contributed by atoms with Gasteiger partial charge in [-0.1, -0.05) is 12.1 Å². The van der Waals surface area contributed by atoms with Crippen molar-refractivity contribution >= 4 is 18.0 Å². The van der Waals surface area contributed by atoms with E-state index in [1.807, 2.05) is 6.07 Å². The van der Waals surface area contributed by atoms with E-state index in [-0.39, 0.29) is 11.5 Å². The largest absolute Gasteiger partial charge is 0.452 e. The summed E-state index contributed by atoms with van der Waals surface area (Å²) in [5.74, 6) is -1.39. The molecule has 0 bridgehead atoms. The number of nitrogens with zero attached hydrogens (tertiary/aromatic N) is 1. The smallest absolute Gasteiger partial charge is 0.416 e. The number of nitriles is 1. The number of ether oxygens (including phenoxy) is 1. The lowest BCUT2D eigenvalue weighted by molar-refractivity contribution is -0.144. The van der Waals surface area contributed by atoms with Crippen LogP contribution in [-0.2, 0) is 20.5 Å². The molecule has 1 N–H and O–H groups in total. The summed E-state index contributed by atoms with van der Waals surface area (Å²) in [6, 6.07) is 6.49. The van der Waals surface area contributed by atoms with E-state index >= 15 is 0 Å². The molecule has 1 aliphatic rings. The van der Waals surface area contributed by atoms with Gasteiger partial charge in [0.15, 0.2) is 6.61 Å². The molecule has 0 aliphatic heterocycles. The minimum absolute atomic E-state index is 0.0907. The Morgan fingerprint density at radius 2 is 2.08 bits per heavy atom. The molecular weight excluding hydrogens is 349 g/mol. The van der Waals surface area contributed by atoms with E-state index in [2.05, 4.69) is 5.32 Å². The van der Waals surface area contributed by atoms with E-state index in [1.54, 1.807) is 6.92 Å². The van der Waals surface area contributed by atoms with Crippen molar-refractivity contribution in [3.8, 4) is 6.07 Å². The first-order valence-corrected chi connectivity index (χ1v) is 7.88. The molecule has 1 aromatic carbocycles. The predicted octanol–water partition coefficient (Wildman–Crippen LogP) is 3.07. The van der Waals surface area contributed by atoms with E-state index in [0.29, 0.717) is 0 Å². The van der Waals surface area contributed by atoms with Crippen molar-refractivity contribution in [1.29, 1.82) is 5.26 Å². The van der Waals surface area contributed by atoms with Crippen LogP contribution in [0, 0.1) is 17.2 Å². The Kier molecular flexibility index (Phi) is 5.70. The molecule has 0 saturated heterocycles. The lowest BCUT2D eigenvalue weighted by Gasteiger charge is -2.22.